The Labute approximate surface area is 143 Å². The van der Waals surface area contributed by atoms with Crippen LogP contribution in [-0.4, -0.2) is 31.6 Å². The molecular weight excluding hydrogens is 306 g/mol. The largest absolute Gasteiger partial charge is 0.497 e. The molecule has 132 valence electrons. The van der Waals surface area contributed by atoms with Crippen LogP contribution in [0.3, 0.4) is 0 Å². The predicted molar refractivity (Wildman–Crippen MR) is 92.0 cm³/mol. The van der Waals surface area contributed by atoms with E-state index in [9.17, 15) is 9.59 Å². The molecular formula is C19H27NO4. The summed E-state index contributed by atoms with van der Waals surface area (Å²) in [5.41, 5.74) is 1.02. The van der Waals surface area contributed by atoms with Gasteiger partial charge < -0.3 is 14.8 Å². The maximum absolute atomic E-state index is 12.6. The first-order chi connectivity index (χ1) is 11.4. The lowest BCUT2D eigenvalue weighted by molar-refractivity contribution is -0.155. The monoisotopic (exact) mass is 333 g/mol. The Morgan fingerprint density at radius 1 is 1.29 bits per heavy atom. The average molecular weight is 333 g/mol. The first kappa shape index (κ1) is 18.3. The van der Waals surface area contributed by atoms with Crippen molar-refractivity contribution in [2.75, 3.05) is 14.2 Å². The van der Waals surface area contributed by atoms with Crippen molar-refractivity contribution in [2.24, 2.45) is 5.92 Å². The van der Waals surface area contributed by atoms with E-state index in [4.69, 9.17) is 9.47 Å². The fraction of sp³-hybridized carbons (Fsp3) is 0.579. The molecule has 1 aromatic rings. The molecule has 0 aliphatic heterocycles. The Morgan fingerprint density at radius 2 is 2.04 bits per heavy atom. The highest BCUT2D eigenvalue weighted by Gasteiger charge is 2.47. The number of methoxy groups -OCH3 is 2. The van der Waals surface area contributed by atoms with E-state index >= 15 is 0 Å². The van der Waals surface area contributed by atoms with E-state index in [1.54, 1.807) is 7.11 Å². The molecule has 1 N–H and O–H groups in total. The molecule has 1 aliphatic rings. The van der Waals surface area contributed by atoms with Gasteiger partial charge in [0.15, 0.2) is 0 Å². The fourth-order valence-corrected chi connectivity index (χ4v) is 3.53. The van der Waals surface area contributed by atoms with Crippen molar-refractivity contribution in [2.45, 2.75) is 51.5 Å². The summed E-state index contributed by atoms with van der Waals surface area (Å²) in [5.74, 6) is 0.347. The zero-order chi connectivity index (χ0) is 17.7. The van der Waals surface area contributed by atoms with E-state index in [0.717, 1.165) is 36.1 Å². The Kier molecular flexibility index (Phi) is 5.86. The van der Waals surface area contributed by atoms with Gasteiger partial charge >= 0.3 is 5.97 Å². The first-order valence-electron chi connectivity index (χ1n) is 8.46. The molecule has 1 aliphatic carbocycles. The van der Waals surface area contributed by atoms with E-state index < -0.39 is 5.54 Å². The zero-order valence-electron chi connectivity index (χ0n) is 15.0. The number of amides is 1. The highest BCUT2D eigenvalue weighted by atomic mass is 16.5. The summed E-state index contributed by atoms with van der Waals surface area (Å²) in [5, 5.41) is 2.99. The van der Waals surface area contributed by atoms with Gasteiger partial charge in [-0.25, -0.2) is 4.79 Å². The third kappa shape index (κ3) is 3.71. The molecule has 5 nitrogen and oxygen atoms in total. The van der Waals surface area contributed by atoms with Crippen LogP contribution in [0.1, 0.15) is 43.7 Å². The molecule has 0 spiro atoms. The van der Waals surface area contributed by atoms with Gasteiger partial charge in [-0.15, -0.1) is 0 Å². The van der Waals surface area contributed by atoms with Crippen molar-refractivity contribution < 1.29 is 19.1 Å². The summed E-state index contributed by atoms with van der Waals surface area (Å²) in [6, 6.07) is 5.64. The van der Waals surface area contributed by atoms with Gasteiger partial charge in [0.1, 0.15) is 11.3 Å². The molecule has 1 aromatic carbocycles. The van der Waals surface area contributed by atoms with Crippen LogP contribution >= 0.6 is 0 Å². The predicted octanol–water partition coefficient (Wildman–Crippen LogP) is 2.78. The Morgan fingerprint density at radius 3 is 2.62 bits per heavy atom. The smallest absolute Gasteiger partial charge is 0.331 e. The van der Waals surface area contributed by atoms with Gasteiger partial charge in [-0.3, -0.25) is 4.79 Å². The lowest BCUT2D eigenvalue weighted by Gasteiger charge is -2.40. The maximum atomic E-state index is 12.6. The molecule has 1 fully saturated rings. The number of hydrogen-bond donors (Lipinski definition) is 1. The second-order valence-electron chi connectivity index (χ2n) is 6.63. The quantitative estimate of drug-likeness (QED) is 0.842. The number of hydrogen-bond acceptors (Lipinski definition) is 4. The molecule has 2 atom stereocenters. The van der Waals surface area contributed by atoms with Crippen LogP contribution in [0.15, 0.2) is 18.2 Å². The third-order valence-electron chi connectivity index (χ3n) is 5.11. The number of rotatable bonds is 5. The maximum Gasteiger partial charge on any atom is 0.331 e. The SMILES string of the molecule is COC(=O)C1(NC(=O)Cc2ccc(OC)cc2C)CCCCC1C. The van der Waals surface area contributed by atoms with Gasteiger partial charge in [0.25, 0.3) is 0 Å². The zero-order valence-corrected chi connectivity index (χ0v) is 15.0. The molecule has 1 amide bonds. The highest BCUT2D eigenvalue weighted by molar-refractivity contribution is 5.89. The van der Waals surface area contributed by atoms with Crippen molar-refractivity contribution in [1.82, 2.24) is 5.32 Å². The van der Waals surface area contributed by atoms with Crippen LogP contribution in [0.4, 0.5) is 0 Å². The van der Waals surface area contributed by atoms with Gasteiger partial charge in [-0.05, 0) is 48.9 Å². The van der Waals surface area contributed by atoms with E-state index in [1.165, 1.54) is 7.11 Å². The number of carbonyl (C=O) groups excluding carboxylic acids is 2. The minimum Gasteiger partial charge on any atom is -0.497 e. The van der Waals surface area contributed by atoms with Gasteiger partial charge in [0.05, 0.1) is 20.6 Å². The molecule has 0 aromatic heterocycles. The second kappa shape index (κ2) is 7.69. The summed E-state index contributed by atoms with van der Waals surface area (Å²) < 4.78 is 10.2. The third-order valence-corrected chi connectivity index (χ3v) is 5.11. The van der Waals surface area contributed by atoms with E-state index in [2.05, 4.69) is 5.32 Å². The van der Waals surface area contributed by atoms with Crippen molar-refractivity contribution in [3.8, 4) is 5.75 Å². The molecule has 0 radical (unpaired) electrons. The van der Waals surface area contributed by atoms with E-state index in [-0.39, 0.29) is 24.2 Å². The van der Waals surface area contributed by atoms with Crippen LogP contribution in [0.25, 0.3) is 0 Å². The number of ether oxygens (including phenoxy) is 2. The minimum absolute atomic E-state index is 0.0691. The van der Waals surface area contributed by atoms with Gasteiger partial charge in [-0.1, -0.05) is 25.8 Å². The molecule has 24 heavy (non-hydrogen) atoms. The molecule has 1 saturated carbocycles. The number of carbonyl (C=O) groups is 2. The molecule has 2 unspecified atom stereocenters. The summed E-state index contributed by atoms with van der Waals surface area (Å²) in [4.78, 5) is 25.0. The molecule has 0 heterocycles. The average Bonchev–Trinajstić information content (AvgIpc) is 2.58. The number of esters is 1. The lowest BCUT2D eigenvalue weighted by Crippen LogP contribution is -2.60. The van der Waals surface area contributed by atoms with Crippen molar-refractivity contribution in [3.63, 3.8) is 0 Å². The van der Waals surface area contributed by atoms with Crippen LogP contribution in [0.5, 0.6) is 5.75 Å². The molecule has 2 rings (SSSR count). The number of benzene rings is 1. The summed E-state index contributed by atoms with van der Waals surface area (Å²) >= 11 is 0. The van der Waals surface area contributed by atoms with Crippen LogP contribution < -0.4 is 10.1 Å². The van der Waals surface area contributed by atoms with Gasteiger partial charge in [-0.2, -0.15) is 0 Å². The van der Waals surface area contributed by atoms with Crippen LogP contribution in [0.2, 0.25) is 0 Å². The normalized spacial score (nSPS) is 23.4. The van der Waals surface area contributed by atoms with E-state index in [1.807, 2.05) is 32.0 Å². The van der Waals surface area contributed by atoms with Crippen LogP contribution in [-0.2, 0) is 20.7 Å². The Balaban J connectivity index is 2.15. The molecule has 5 heteroatoms. The Bertz CT molecular complexity index is 613. The summed E-state index contributed by atoms with van der Waals surface area (Å²) in [7, 11) is 3.00. The van der Waals surface area contributed by atoms with Gasteiger partial charge in [0, 0.05) is 0 Å². The van der Waals surface area contributed by atoms with Crippen molar-refractivity contribution in [3.05, 3.63) is 29.3 Å². The summed E-state index contributed by atoms with van der Waals surface area (Å²) in [6.45, 7) is 3.96. The molecule has 0 bridgehead atoms. The number of aryl methyl sites for hydroxylation is 1. The Hall–Kier alpha value is -2.04. The van der Waals surface area contributed by atoms with Crippen molar-refractivity contribution in [1.29, 1.82) is 0 Å². The highest BCUT2D eigenvalue weighted by Crippen LogP contribution is 2.34. The first-order valence-corrected chi connectivity index (χ1v) is 8.46. The second-order valence-corrected chi connectivity index (χ2v) is 6.63. The van der Waals surface area contributed by atoms with Gasteiger partial charge in [0.2, 0.25) is 5.91 Å². The van der Waals surface area contributed by atoms with Crippen molar-refractivity contribution >= 4 is 11.9 Å². The summed E-state index contributed by atoms with van der Waals surface area (Å²) in [6.07, 6.45) is 3.78. The minimum atomic E-state index is -0.898. The standard InChI is InChI=1S/C19H27NO4/c1-13-11-16(23-3)9-8-15(13)12-17(21)20-19(18(22)24-4)10-6-5-7-14(19)2/h8-9,11,14H,5-7,10,12H2,1-4H3,(H,20,21). The van der Waals surface area contributed by atoms with Crippen LogP contribution in [0, 0.1) is 12.8 Å². The lowest BCUT2D eigenvalue weighted by atomic mass is 9.73. The number of nitrogens with one attached hydrogen (secondary N) is 1. The topological polar surface area (TPSA) is 64.6 Å². The van der Waals surface area contributed by atoms with E-state index in [0.29, 0.717) is 6.42 Å². The fourth-order valence-electron chi connectivity index (χ4n) is 3.53. The molecule has 0 saturated heterocycles.